The van der Waals surface area contributed by atoms with Gasteiger partial charge in [-0.25, -0.2) is 0 Å². The minimum Gasteiger partial charge on any atom is -0.324 e. The van der Waals surface area contributed by atoms with Gasteiger partial charge in [-0.3, -0.25) is 4.57 Å². The molecule has 21 heavy (non-hydrogen) atoms. The minimum absolute atomic E-state index is 0.203. The van der Waals surface area contributed by atoms with Gasteiger partial charge < -0.3 is 9.79 Å². The molecule has 0 saturated heterocycles. The Bertz CT molecular complexity index is 864. The monoisotopic (exact) mass is 300 g/mol. The van der Waals surface area contributed by atoms with Crippen molar-refractivity contribution in [3.63, 3.8) is 0 Å². The molecule has 0 amide bonds. The lowest BCUT2D eigenvalue weighted by Crippen LogP contribution is -1.96. The molecule has 0 saturated carbocycles. The maximum Gasteiger partial charge on any atom is 0.329 e. The predicted octanol–water partition coefficient (Wildman–Crippen LogP) is 4.23. The average Bonchev–Trinajstić information content (AvgIpc) is 2.45. The summed E-state index contributed by atoms with van der Waals surface area (Å²) < 4.78 is 11.5. The maximum atomic E-state index is 11.5. The molecule has 0 radical (unpaired) electrons. The quantitative estimate of drug-likeness (QED) is 0.562. The summed E-state index contributed by atoms with van der Waals surface area (Å²) >= 11 is 0. The van der Waals surface area contributed by atoms with Crippen LogP contribution in [0.3, 0.4) is 0 Å². The van der Waals surface area contributed by atoms with Gasteiger partial charge in [0.25, 0.3) is 0 Å². The Kier molecular flexibility index (Phi) is 3.58. The van der Waals surface area contributed by atoms with Crippen LogP contribution in [0.25, 0.3) is 21.5 Å². The van der Waals surface area contributed by atoms with Crippen LogP contribution in [-0.2, 0) is 17.1 Å². The minimum atomic E-state index is -4.09. The first-order chi connectivity index (χ1) is 9.99. The van der Waals surface area contributed by atoms with E-state index in [0.29, 0.717) is 0 Å². The Balaban J connectivity index is 2.37. The van der Waals surface area contributed by atoms with Crippen molar-refractivity contribution in [1.29, 1.82) is 0 Å². The van der Waals surface area contributed by atoms with E-state index in [1.54, 1.807) is 0 Å². The van der Waals surface area contributed by atoms with E-state index in [0.717, 1.165) is 39.1 Å². The Labute approximate surface area is 123 Å². The number of aryl methyl sites for hydroxylation is 1. The van der Waals surface area contributed by atoms with Crippen LogP contribution in [0, 0.1) is 0 Å². The fourth-order valence-electron chi connectivity index (χ4n) is 2.92. The van der Waals surface area contributed by atoms with E-state index in [1.807, 2.05) is 49.4 Å². The predicted molar refractivity (Wildman–Crippen MR) is 86.6 cm³/mol. The molecule has 108 valence electrons. The summed E-state index contributed by atoms with van der Waals surface area (Å²) in [5, 5.41) is 4.24. The van der Waals surface area contributed by atoms with Crippen LogP contribution in [0.2, 0.25) is 0 Å². The van der Waals surface area contributed by atoms with E-state index in [4.69, 9.17) is 0 Å². The third kappa shape index (κ3) is 2.73. The van der Waals surface area contributed by atoms with Crippen molar-refractivity contribution in [3.8, 4) is 0 Å². The number of benzene rings is 3. The molecule has 3 nitrogen and oxygen atoms in total. The molecule has 0 aliphatic rings. The summed E-state index contributed by atoms with van der Waals surface area (Å²) in [5.41, 5.74) is 1.77. The van der Waals surface area contributed by atoms with Gasteiger partial charge in [0.05, 0.1) is 6.16 Å². The van der Waals surface area contributed by atoms with Crippen molar-refractivity contribution in [3.05, 3.63) is 59.7 Å². The van der Waals surface area contributed by atoms with Gasteiger partial charge in [0.1, 0.15) is 0 Å². The first-order valence-corrected chi connectivity index (χ1v) is 8.76. The second kappa shape index (κ2) is 5.27. The smallest absolute Gasteiger partial charge is 0.324 e. The summed E-state index contributed by atoms with van der Waals surface area (Å²) in [6, 6.07) is 16.1. The highest BCUT2D eigenvalue weighted by Crippen LogP contribution is 2.43. The average molecular weight is 300 g/mol. The van der Waals surface area contributed by atoms with Crippen LogP contribution in [0.4, 0.5) is 0 Å². The molecule has 0 atom stereocenters. The van der Waals surface area contributed by atoms with Crippen molar-refractivity contribution in [2.24, 2.45) is 0 Å². The number of hydrogen-bond donors (Lipinski definition) is 2. The van der Waals surface area contributed by atoms with Gasteiger partial charge in [0, 0.05) is 0 Å². The fraction of sp³-hybridized carbons (Fsp3) is 0.176. The highest BCUT2D eigenvalue weighted by atomic mass is 31.2. The second-order valence-electron chi connectivity index (χ2n) is 5.26. The highest BCUT2D eigenvalue weighted by molar-refractivity contribution is 7.50. The molecule has 2 N–H and O–H groups in total. The van der Waals surface area contributed by atoms with Crippen LogP contribution in [0.1, 0.15) is 18.1 Å². The standard InChI is InChI=1S/C17H17O3P/c1-2-12-7-9-15-14-6-4-3-5-13(14)8-10-16(15)17(12)11-21(18,19)20/h3-10H,2,11H2,1H3,(H2,18,19,20). The molecule has 4 heteroatoms. The van der Waals surface area contributed by atoms with Gasteiger partial charge in [-0.15, -0.1) is 0 Å². The molecule has 0 spiro atoms. The Morgan fingerprint density at radius 1 is 0.905 bits per heavy atom. The molecule has 3 aromatic carbocycles. The molecule has 0 aliphatic heterocycles. The third-order valence-electron chi connectivity index (χ3n) is 3.88. The maximum absolute atomic E-state index is 11.5. The molecule has 0 bridgehead atoms. The van der Waals surface area contributed by atoms with E-state index in [9.17, 15) is 14.4 Å². The van der Waals surface area contributed by atoms with Gasteiger partial charge in [-0.05, 0) is 39.1 Å². The van der Waals surface area contributed by atoms with Gasteiger partial charge in [0.15, 0.2) is 0 Å². The normalized spacial score (nSPS) is 12.1. The molecule has 0 aliphatic carbocycles. The van der Waals surface area contributed by atoms with E-state index in [2.05, 4.69) is 6.07 Å². The Morgan fingerprint density at radius 3 is 2.33 bits per heavy atom. The molecule has 3 aromatic rings. The zero-order valence-electron chi connectivity index (χ0n) is 11.8. The van der Waals surface area contributed by atoms with Crippen LogP contribution in [-0.4, -0.2) is 9.79 Å². The summed E-state index contributed by atoms with van der Waals surface area (Å²) in [6.45, 7) is 2.01. The molecular formula is C17H17O3P. The lowest BCUT2D eigenvalue weighted by Gasteiger charge is -2.14. The first kappa shape index (κ1) is 14.3. The van der Waals surface area contributed by atoms with Gasteiger partial charge >= 0.3 is 7.60 Å². The molecule has 0 fully saturated rings. The molecule has 0 aromatic heterocycles. The summed E-state index contributed by atoms with van der Waals surface area (Å²) in [4.78, 5) is 18.7. The van der Waals surface area contributed by atoms with E-state index in [1.165, 1.54) is 0 Å². The lowest BCUT2D eigenvalue weighted by atomic mass is 9.95. The van der Waals surface area contributed by atoms with Crippen molar-refractivity contribution < 1.29 is 14.4 Å². The second-order valence-corrected chi connectivity index (χ2v) is 6.91. The zero-order valence-corrected chi connectivity index (χ0v) is 12.7. The van der Waals surface area contributed by atoms with Crippen LogP contribution in [0.5, 0.6) is 0 Å². The third-order valence-corrected chi connectivity index (χ3v) is 4.61. The Hall–Kier alpha value is -1.67. The molecule has 3 rings (SSSR count). The molecular weight excluding hydrogens is 283 g/mol. The van der Waals surface area contributed by atoms with Gasteiger partial charge in [-0.2, -0.15) is 0 Å². The van der Waals surface area contributed by atoms with E-state index in [-0.39, 0.29) is 6.16 Å². The van der Waals surface area contributed by atoms with Crippen LogP contribution < -0.4 is 0 Å². The van der Waals surface area contributed by atoms with Gasteiger partial charge in [0.2, 0.25) is 0 Å². The molecule has 0 unspecified atom stereocenters. The van der Waals surface area contributed by atoms with Crippen molar-refractivity contribution in [2.75, 3.05) is 0 Å². The van der Waals surface area contributed by atoms with Crippen molar-refractivity contribution in [1.82, 2.24) is 0 Å². The topological polar surface area (TPSA) is 57.5 Å². The van der Waals surface area contributed by atoms with Crippen molar-refractivity contribution in [2.45, 2.75) is 19.5 Å². The zero-order chi connectivity index (χ0) is 15.0. The fourth-order valence-corrected chi connectivity index (χ4v) is 3.71. The summed E-state index contributed by atoms with van der Waals surface area (Å²) in [5.74, 6) is 0. The lowest BCUT2D eigenvalue weighted by molar-refractivity contribution is 0.371. The molecule has 0 heterocycles. The largest absolute Gasteiger partial charge is 0.329 e. The SMILES string of the molecule is CCc1ccc2c(ccc3ccccc32)c1CP(=O)(O)O. The Morgan fingerprint density at radius 2 is 1.62 bits per heavy atom. The highest BCUT2D eigenvalue weighted by Gasteiger charge is 2.19. The summed E-state index contributed by atoms with van der Waals surface area (Å²) in [6.07, 6.45) is 0.559. The first-order valence-electron chi connectivity index (χ1n) is 6.96. The van der Waals surface area contributed by atoms with Crippen LogP contribution in [0.15, 0.2) is 48.5 Å². The number of fused-ring (bicyclic) bond motifs is 3. The number of hydrogen-bond acceptors (Lipinski definition) is 1. The van der Waals surface area contributed by atoms with E-state index < -0.39 is 7.60 Å². The summed E-state index contributed by atoms with van der Waals surface area (Å²) in [7, 11) is -4.09. The number of rotatable bonds is 3. The van der Waals surface area contributed by atoms with Gasteiger partial charge in [-0.1, -0.05) is 55.5 Å². The van der Waals surface area contributed by atoms with E-state index >= 15 is 0 Å². The van der Waals surface area contributed by atoms with Crippen molar-refractivity contribution >= 4 is 29.1 Å². The van der Waals surface area contributed by atoms with Crippen LogP contribution >= 0.6 is 7.60 Å².